The van der Waals surface area contributed by atoms with Gasteiger partial charge in [-0.15, -0.1) is 11.3 Å². The fraction of sp³-hybridized carbons (Fsp3) is 0.545. The van der Waals surface area contributed by atoms with Gasteiger partial charge in [-0.2, -0.15) is 0 Å². The van der Waals surface area contributed by atoms with Crippen molar-refractivity contribution in [3.05, 3.63) is 21.9 Å². The molecule has 16 heavy (non-hydrogen) atoms. The van der Waals surface area contributed by atoms with Crippen molar-refractivity contribution in [3.8, 4) is 0 Å². The van der Waals surface area contributed by atoms with Crippen LogP contribution in [-0.4, -0.2) is 34.9 Å². The lowest BCUT2D eigenvalue weighted by Crippen LogP contribution is -2.43. The molecule has 90 valence electrons. The van der Waals surface area contributed by atoms with Gasteiger partial charge in [0, 0.05) is 6.54 Å². The Morgan fingerprint density at radius 2 is 2.31 bits per heavy atom. The van der Waals surface area contributed by atoms with Crippen LogP contribution in [0, 0.1) is 0 Å². The first-order chi connectivity index (χ1) is 7.50. The van der Waals surface area contributed by atoms with Crippen molar-refractivity contribution in [2.24, 2.45) is 0 Å². The van der Waals surface area contributed by atoms with Crippen molar-refractivity contribution in [1.29, 1.82) is 0 Å². The second kappa shape index (κ2) is 5.43. The molecule has 1 heterocycles. The second-order valence-electron chi connectivity index (χ2n) is 3.97. The van der Waals surface area contributed by atoms with Crippen LogP contribution in [0.1, 0.15) is 29.1 Å². The smallest absolute Gasteiger partial charge is 0.261 e. The molecule has 0 spiro atoms. The van der Waals surface area contributed by atoms with Gasteiger partial charge < -0.3 is 15.5 Å². The molecule has 4 nitrogen and oxygen atoms in total. The van der Waals surface area contributed by atoms with E-state index < -0.39 is 5.60 Å². The average molecular weight is 243 g/mol. The Bertz CT molecular complexity index is 360. The number of hydrogen-bond acceptors (Lipinski definition) is 4. The summed E-state index contributed by atoms with van der Waals surface area (Å²) in [6.45, 7) is 3.13. The summed E-state index contributed by atoms with van der Waals surface area (Å²) in [6.07, 6.45) is 0.808. The molecular formula is C11H17NO3S. The minimum Gasteiger partial charge on any atom is -0.393 e. The van der Waals surface area contributed by atoms with Crippen LogP contribution in [0.15, 0.2) is 11.4 Å². The average Bonchev–Trinajstić information content (AvgIpc) is 2.74. The Hall–Kier alpha value is -0.910. The molecule has 0 aromatic carbocycles. The molecular weight excluding hydrogens is 226 g/mol. The number of carbonyl (C=O) groups excluding carboxylic acids is 1. The number of carbonyl (C=O) groups is 1. The first-order valence-corrected chi connectivity index (χ1v) is 6.06. The summed E-state index contributed by atoms with van der Waals surface area (Å²) in [5.41, 5.74) is -0.259. The van der Waals surface area contributed by atoms with Crippen molar-refractivity contribution in [2.75, 3.05) is 13.2 Å². The van der Waals surface area contributed by atoms with E-state index in [4.69, 9.17) is 5.11 Å². The zero-order valence-electron chi connectivity index (χ0n) is 9.49. The van der Waals surface area contributed by atoms with Crippen molar-refractivity contribution < 1.29 is 15.0 Å². The van der Waals surface area contributed by atoms with E-state index >= 15 is 0 Å². The van der Waals surface area contributed by atoms with Gasteiger partial charge in [-0.05, 0) is 30.4 Å². The van der Waals surface area contributed by atoms with Gasteiger partial charge in [-0.25, -0.2) is 0 Å². The highest BCUT2D eigenvalue weighted by Gasteiger charge is 2.21. The van der Waals surface area contributed by atoms with E-state index in [2.05, 4.69) is 5.32 Å². The lowest BCUT2D eigenvalue weighted by atomic mass is 10.1. The van der Waals surface area contributed by atoms with Crippen molar-refractivity contribution >= 4 is 17.2 Å². The first kappa shape index (κ1) is 13.2. The molecule has 1 atom stereocenters. The molecule has 0 fully saturated rings. The van der Waals surface area contributed by atoms with E-state index in [-0.39, 0.29) is 19.1 Å². The fourth-order valence-corrected chi connectivity index (χ4v) is 2.13. The van der Waals surface area contributed by atoms with E-state index in [1.54, 1.807) is 0 Å². The van der Waals surface area contributed by atoms with Gasteiger partial charge in [0.1, 0.15) is 5.60 Å². The summed E-state index contributed by atoms with van der Waals surface area (Å²) in [6, 6.07) is 1.92. The maximum atomic E-state index is 11.8. The summed E-state index contributed by atoms with van der Waals surface area (Å²) in [5, 5.41) is 22.9. The molecule has 1 aromatic heterocycles. The van der Waals surface area contributed by atoms with Crippen LogP contribution in [0.25, 0.3) is 0 Å². The molecule has 1 aromatic rings. The van der Waals surface area contributed by atoms with Crippen LogP contribution in [0.3, 0.4) is 0 Å². The number of aliphatic hydroxyl groups is 2. The summed E-state index contributed by atoms with van der Waals surface area (Å²) in [7, 11) is 0. The van der Waals surface area contributed by atoms with Gasteiger partial charge >= 0.3 is 0 Å². The van der Waals surface area contributed by atoms with Crippen molar-refractivity contribution in [1.82, 2.24) is 5.32 Å². The lowest BCUT2D eigenvalue weighted by molar-refractivity contribution is 0.00323. The van der Waals surface area contributed by atoms with Crippen LogP contribution in [-0.2, 0) is 6.42 Å². The summed E-state index contributed by atoms with van der Waals surface area (Å²) >= 11 is 1.38. The Morgan fingerprint density at radius 1 is 1.62 bits per heavy atom. The third-order valence-electron chi connectivity index (χ3n) is 2.30. The van der Waals surface area contributed by atoms with E-state index in [0.29, 0.717) is 4.88 Å². The highest BCUT2D eigenvalue weighted by atomic mass is 32.1. The largest absolute Gasteiger partial charge is 0.393 e. The number of amides is 1. The molecule has 5 heteroatoms. The zero-order chi connectivity index (χ0) is 12.2. The normalized spacial score (nSPS) is 14.5. The number of thiophene rings is 1. The van der Waals surface area contributed by atoms with Crippen LogP contribution in [0.2, 0.25) is 0 Å². The van der Waals surface area contributed by atoms with Gasteiger partial charge in [0.05, 0.1) is 11.5 Å². The van der Waals surface area contributed by atoms with Crippen LogP contribution in [0.5, 0.6) is 0 Å². The molecule has 1 amide bonds. The molecule has 1 unspecified atom stereocenters. The van der Waals surface area contributed by atoms with Crippen LogP contribution >= 0.6 is 11.3 Å². The summed E-state index contributed by atoms with van der Waals surface area (Å²) in [5.74, 6) is -0.194. The number of rotatable bonds is 5. The van der Waals surface area contributed by atoms with E-state index in [0.717, 1.165) is 12.0 Å². The number of aliphatic hydroxyl groups excluding tert-OH is 1. The maximum Gasteiger partial charge on any atom is 0.261 e. The first-order valence-electron chi connectivity index (χ1n) is 5.18. The molecule has 3 N–H and O–H groups in total. The lowest BCUT2D eigenvalue weighted by Gasteiger charge is -2.20. The third kappa shape index (κ3) is 3.30. The van der Waals surface area contributed by atoms with Gasteiger partial charge in [-0.1, -0.05) is 6.92 Å². The predicted octanol–water partition coefficient (Wildman–Crippen LogP) is 0.784. The molecule has 0 saturated carbocycles. The number of aryl methyl sites for hydroxylation is 1. The SMILES string of the molecule is CCc1ccsc1C(=O)NCC(C)(O)CO. The van der Waals surface area contributed by atoms with E-state index in [1.807, 2.05) is 18.4 Å². The molecule has 1 rings (SSSR count). The zero-order valence-corrected chi connectivity index (χ0v) is 10.3. The minimum absolute atomic E-state index is 0.0450. The second-order valence-corrected chi connectivity index (χ2v) is 4.88. The molecule has 0 aliphatic rings. The Kier molecular flexibility index (Phi) is 4.46. The Labute approximate surface area is 98.9 Å². The number of hydrogen-bond donors (Lipinski definition) is 3. The van der Waals surface area contributed by atoms with Crippen molar-refractivity contribution in [2.45, 2.75) is 25.9 Å². The van der Waals surface area contributed by atoms with Crippen molar-refractivity contribution in [3.63, 3.8) is 0 Å². The quantitative estimate of drug-likeness (QED) is 0.716. The summed E-state index contributed by atoms with van der Waals surface area (Å²) < 4.78 is 0. The highest BCUT2D eigenvalue weighted by molar-refractivity contribution is 7.12. The summed E-state index contributed by atoms with van der Waals surface area (Å²) in [4.78, 5) is 12.4. The van der Waals surface area contributed by atoms with Gasteiger partial charge in [0.15, 0.2) is 0 Å². The monoisotopic (exact) mass is 243 g/mol. The fourth-order valence-electron chi connectivity index (χ4n) is 1.22. The van der Waals surface area contributed by atoms with Gasteiger partial charge in [0.2, 0.25) is 0 Å². The molecule has 0 radical (unpaired) electrons. The molecule has 0 saturated heterocycles. The molecule has 0 bridgehead atoms. The topological polar surface area (TPSA) is 69.6 Å². The number of nitrogens with one attached hydrogen (secondary N) is 1. The van der Waals surface area contributed by atoms with Crippen LogP contribution < -0.4 is 5.32 Å². The predicted molar refractivity (Wildman–Crippen MR) is 63.7 cm³/mol. The van der Waals surface area contributed by atoms with E-state index in [9.17, 15) is 9.90 Å². The van der Waals surface area contributed by atoms with E-state index in [1.165, 1.54) is 18.3 Å². The maximum absolute atomic E-state index is 11.8. The molecule has 0 aliphatic heterocycles. The molecule has 0 aliphatic carbocycles. The minimum atomic E-state index is -1.26. The van der Waals surface area contributed by atoms with Gasteiger partial charge in [-0.3, -0.25) is 4.79 Å². The Balaban J connectivity index is 2.60. The Morgan fingerprint density at radius 3 is 2.88 bits per heavy atom. The van der Waals surface area contributed by atoms with Crippen LogP contribution in [0.4, 0.5) is 0 Å². The third-order valence-corrected chi connectivity index (χ3v) is 3.26. The van der Waals surface area contributed by atoms with Gasteiger partial charge in [0.25, 0.3) is 5.91 Å². The highest BCUT2D eigenvalue weighted by Crippen LogP contribution is 2.17. The standard InChI is InChI=1S/C11H17NO3S/c1-3-8-4-5-16-9(8)10(14)12-6-11(2,15)7-13/h4-5,13,15H,3,6-7H2,1-2H3,(H,12,14).